The van der Waals surface area contributed by atoms with Gasteiger partial charge in [0.25, 0.3) is 11.8 Å². The van der Waals surface area contributed by atoms with Crippen LogP contribution in [-0.4, -0.2) is 41.3 Å². The van der Waals surface area contributed by atoms with Crippen LogP contribution in [0.2, 0.25) is 0 Å². The normalized spacial score (nSPS) is 12.1. The first-order chi connectivity index (χ1) is 19.2. The van der Waals surface area contributed by atoms with Gasteiger partial charge in [-0.25, -0.2) is 4.98 Å². The van der Waals surface area contributed by atoms with Crippen molar-refractivity contribution in [2.75, 3.05) is 10.6 Å². The zero-order valence-corrected chi connectivity index (χ0v) is 24.7. The second kappa shape index (κ2) is 10.0. The molecule has 0 aliphatic carbocycles. The fourth-order valence-electron chi connectivity index (χ4n) is 4.42. The minimum absolute atomic E-state index is 0.147. The van der Waals surface area contributed by atoms with E-state index in [2.05, 4.69) is 67.4 Å². The average molecular weight is 553 g/mol. The topological polar surface area (TPSA) is 123 Å². The van der Waals surface area contributed by atoms with Crippen molar-refractivity contribution >= 4 is 34.2 Å². The van der Waals surface area contributed by atoms with Gasteiger partial charge in [0.1, 0.15) is 17.2 Å². The summed E-state index contributed by atoms with van der Waals surface area (Å²) in [6.07, 6.45) is 0. The summed E-state index contributed by atoms with van der Waals surface area (Å²) in [6.45, 7) is 12.4. The van der Waals surface area contributed by atoms with Crippen molar-refractivity contribution < 1.29 is 9.59 Å². The van der Waals surface area contributed by atoms with Crippen molar-refractivity contribution in [2.24, 2.45) is 14.1 Å². The number of imidazole rings is 1. The number of fused-ring (bicyclic) bond motifs is 1. The molecule has 5 rings (SSSR count). The first-order valence-electron chi connectivity index (χ1n) is 13.5. The minimum Gasteiger partial charge on any atom is -0.338 e. The molecule has 0 fully saturated rings. The molecular formula is C31H36N8O2. The van der Waals surface area contributed by atoms with E-state index in [1.54, 1.807) is 23.5 Å². The molecule has 10 nitrogen and oxygen atoms in total. The van der Waals surface area contributed by atoms with Crippen molar-refractivity contribution in [1.82, 2.24) is 29.5 Å². The predicted molar refractivity (Wildman–Crippen MR) is 161 cm³/mol. The standard InChI is InChI=1S/C31H36N8O2/c1-30(2,3)25-16-23(38(7)36-25)28(40)32-19-11-9-18(10-12-19)27-34-21-14-13-20(15-22(21)35-27)33-29(41)24-17-26(31(4,5)6)37-39(24)8/h9-17H,1-8H3,(H,32,40)(H,33,41)(H,34,35). The number of aromatic amines is 1. The van der Waals surface area contributed by atoms with Gasteiger partial charge >= 0.3 is 0 Å². The molecule has 0 unspecified atom stereocenters. The quantitative estimate of drug-likeness (QED) is 0.254. The Morgan fingerprint density at radius 3 is 1.68 bits per heavy atom. The number of aryl methyl sites for hydroxylation is 2. The summed E-state index contributed by atoms with van der Waals surface area (Å²) in [5.41, 5.74) is 6.16. The Morgan fingerprint density at radius 1 is 0.707 bits per heavy atom. The number of H-pyrrole nitrogens is 1. The van der Waals surface area contributed by atoms with Gasteiger partial charge in [-0.1, -0.05) is 41.5 Å². The van der Waals surface area contributed by atoms with Crippen LogP contribution in [0.4, 0.5) is 11.4 Å². The Balaban J connectivity index is 1.29. The summed E-state index contributed by atoms with van der Waals surface area (Å²) in [6, 6.07) is 16.7. The average Bonchev–Trinajstić information content (AvgIpc) is 3.60. The lowest BCUT2D eigenvalue weighted by atomic mass is 9.92. The third kappa shape index (κ3) is 5.77. The van der Waals surface area contributed by atoms with Crippen molar-refractivity contribution in [3.05, 3.63) is 77.4 Å². The molecule has 0 saturated carbocycles. The molecule has 10 heteroatoms. The predicted octanol–water partition coefficient (Wildman–Crippen LogP) is 5.80. The first kappa shape index (κ1) is 27.8. The summed E-state index contributed by atoms with van der Waals surface area (Å²) in [5.74, 6) is 0.236. The summed E-state index contributed by atoms with van der Waals surface area (Å²) < 4.78 is 3.21. The molecule has 41 heavy (non-hydrogen) atoms. The molecule has 0 aliphatic heterocycles. The van der Waals surface area contributed by atoms with E-state index in [9.17, 15) is 9.59 Å². The highest BCUT2D eigenvalue weighted by Crippen LogP contribution is 2.26. The van der Waals surface area contributed by atoms with Gasteiger partial charge < -0.3 is 15.6 Å². The molecule has 3 aromatic heterocycles. The Labute approximate surface area is 239 Å². The number of hydrogen-bond acceptors (Lipinski definition) is 5. The van der Waals surface area contributed by atoms with Crippen molar-refractivity contribution in [3.63, 3.8) is 0 Å². The largest absolute Gasteiger partial charge is 0.338 e. The number of nitrogens with one attached hydrogen (secondary N) is 3. The second-order valence-corrected chi connectivity index (χ2v) is 12.4. The zero-order chi connectivity index (χ0) is 29.7. The van der Waals surface area contributed by atoms with Gasteiger partial charge in [0.05, 0.1) is 22.4 Å². The Hall–Kier alpha value is -4.73. The second-order valence-electron chi connectivity index (χ2n) is 12.4. The lowest BCUT2D eigenvalue weighted by Gasteiger charge is -2.13. The number of anilines is 2. The number of carbonyl (C=O) groups excluding carboxylic acids is 2. The number of nitrogens with zero attached hydrogens (tertiary/aromatic N) is 5. The van der Waals surface area contributed by atoms with Gasteiger partial charge in [-0.05, 0) is 54.6 Å². The maximum absolute atomic E-state index is 13.0. The molecule has 0 radical (unpaired) electrons. The van der Waals surface area contributed by atoms with Crippen molar-refractivity contribution in [1.29, 1.82) is 0 Å². The summed E-state index contributed by atoms with van der Waals surface area (Å²) in [5, 5.41) is 14.9. The van der Waals surface area contributed by atoms with Crippen LogP contribution in [0.1, 0.15) is 73.9 Å². The number of carbonyl (C=O) groups is 2. The van der Waals surface area contributed by atoms with Crippen LogP contribution in [0, 0.1) is 0 Å². The van der Waals surface area contributed by atoms with Gasteiger partial charge in [0, 0.05) is 41.9 Å². The van der Waals surface area contributed by atoms with Gasteiger partial charge in [0.2, 0.25) is 0 Å². The van der Waals surface area contributed by atoms with E-state index in [4.69, 9.17) is 4.98 Å². The zero-order valence-electron chi connectivity index (χ0n) is 24.7. The summed E-state index contributed by atoms with van der Waals surface area (Å²) >= 11 is 0. The number of rotatable bonds is 5. The molecular weight excluding hydrogens is 516 g/mol. The summed E-state index contributed by atoms with van der Waals surface area (Å²) in [4.78, 5) is 33.9. The smallest absolute Gasteiger partial charge is 0.273 e. The monoisotopic (exact) mass is 552 g/mol. The highest BCUT2D eigenvalue weighted by molar-refractivity contribution is 6.04. The molecule has 2 aromatic carbocycles. The highest BCUT2D eigenvalue weighted by Gasteiger charge is 2.23. The van der Waals surface area contributed by atoms with E-state index >= 15 is 0 Å². The SMILES string of the molecule is Cn1nc(C(C)(C)C)cc1C(=O)Nc1ccc(-c2nc3ccc(NC(=O)c4cc(C(C)(C)C)nn4C)cc3[nH]2)cc1. The molecule has 0 bridgehead atoms. The molecule has 212 valence electrons. The van der Waals surface area contributed by atoms with Crippen LogP contribution < -0.4 is 10.6 Å². The minimum atomic E-state index is -0.229. The van der Waals surface area contributed by atoms with E-state index in [1.165, 1.54) is 0 Å². The lowest BCUT2D eigenvalue weighted by molar-refractivity contribution is 0.101. The molecule has 2 amide bonds. The molecule has 0 saturated heterocycles. The number of benzene rings is 2. The van der Waals surface area contributed by atoms with E-state index in [0.717, 1.165) is 28.0 Å². The first-order valence-corrected chi connectivity index (χ1v) is 13.5. The highest BCUT2D eigenvalue weighted by atomic mass is 16.2. The van der Waals surface area contributed by atoms with Crippen LogP contribution in [-0.2, 0) is 24.9 Å². The maximum atomic E-state index is 13.0. The van der Waals surface area contributed by atoms with Gasteiger partial charge in [-0.3, -0.25) is 19.0 Å². The van der Waals surface area contributed by atoms with Crippen molar-refractivity contribution in [2.45, 2.75) is 52.4 Å². The number of aromatic nitrogens is 6. The van der Waals surface area contributed by atoms with E-state index in [0.29, 0.717) is 28.6 Å². The molecule has 0 aliphatic rings. The number of amides is 2. The van der Waals surface area contributed by atoms with Crippen LogP contribution >= 0.6 is 0 Å². The van der Waals surface area contributed by atoms with Crippen LogP contribution in [0.3, 0.4) is 0 Å². The Bertz CT molecular complexity index is 1760. The van der Waals surface area contributed by atoms with Gasteiger partial charge in [0.15, 0.2) is 0 Å². The van der Waals surface area contributed by atoms with Gasteiger partial charge in [-0.15, -0.1) is 0 Å². The Kier molecular flexibility index (Phi) is 6.81. The molecule has 3 heterocycles. The molecule has 3 N–H and O–H groups in total. The Morgan fingerprint density at radius 2 is 1.20 bits per heavy atom. The van der Waals surface area contributed by atoms with E-state index in [1.807, 2.05) is 54.6 Å². The van der Waals surface area contributed by atoms with E-state index in [-0.39, 0.29) is 22.6 Å². The maximum Gasteiger partial charge on any atom is 0.273 e. The van der Waals surface area contributed by atoms with Crippen LogP contribution in [0.25, 0.3) is 22.4 Å². The fourth-order valence-corrected chi connectivity index (χ4v) is 4.42. The third-order valence-electron chi connectivity index (χ3n) is 6.92. The van der Waals surface area contributed by atoms with Gasteiger partial charge in [-0.2, -0.15) is 10.2 Å². The fraction of sp³-hybridized carbons (Fsp3) is 0.323. The lowest BCUT2D eigenvalue weighted by Crippen LogP contribution is -2.16. The van der Waals surface area contributed by atoms with E-state index < -0.39 is 0 Å². The van der Waals surface area contributed by atoms with Crippen molar-refractivity contribution in [3.8, 4) is 11.4 Å². The van der Waals surface area contributed by atoms with Crippen LogP contribution in [0.5, 0.6) is 0 Å². The molecule has 0 atom stereocenters. The molecule has 0 spiro atoms. The number of hydrogen-bond donors (Lipinski definition) is 3. The molecule has 5 aromatic rings. The summed E-state index contributed by atoms with van der Waals surface area (Å²) in [7, 11) is 3.54. The van der Waals surface area contributed by atoms with Crippen LogP contribution in [0.15, 0.2) is 54.6 Å². The third-order valence-corrected chi connectivity index (χ3v) is 6.92.